The summed E-state index contributed by atoms with van der Waals surface area (Å²) in [6.07, 6.45) is -3.40. The average Bonchev–Trinajstić information content (AvgIpc) is 3.42. The van der Waals surface area contributed by atoms with Crippen molar-refractivity contribution in [2.24, 2.45) is 7.05 Å². The average molecular weight is 436 g/mol. The number of aryl methyl sites for hydroxylation is 2. The molecule has 0 unspecified atom stereocenters. The molecule has 4 heterocycles. The van der Waals surface area contributed by atoms with Crippen LogP contribution in [0.4, 0.5) is 19.0 Å². The fourth-order valence-corrected chi connectivity index (χ4v) is 3.90. The van der Waals surface area contributed by atoms with Gasteiger partial charge in [0.2, 0.25) is 0 Å². The molecule has 4 rings (SSSR count). The number of alkyl halides is 3. The number of hydrogen-bond acceptors (Lipinski definition) is 5. The zero-order valence-corrected chi connectivity index (χ0v) is 17.6. The molecule has 0 saturated carbocycles. The Hall–Kier alpha value is -3.24. The molecule has 31 heavy (non-hydrogen) atoms. The number of rotatable bonds is 4. The molecule has 1 N–H and O–H groups in total. The van der Waals surface area contributed by atoms with Gasteiger partial charge in [-0.25, -0.2) is 4.68 Å². The van der Waals surface area contributed by atoms with Crippen molar-refractivity contribution in [3.05, 3.63) is 52.9 Å². The number of nitrogens with zero attached hydrogens (tertiary/aromatic N) is 5. The molecule has 0 saturated heterocycles. The number of aromatic nitrogens is 4. The van der Waals surface area contributed by atoms with E-state index in [0.717, 1.165) is 21.6 Å². The van der Waals surface area contributed by atoms with Crippen molar-refractivity contribution in [3.8, 4) is 0 Å². The fourth-order valence-electron chi connectivity index (χ4n) is 3.90. The molecule has 0 spiro atoms. The molecule has 1 amide bonds. The number of anilines is 1. The van der Waals surface area contributed by atoms with Gasteiger partial charge < -0.3 is 14.6 Å². The molecule has 0 aliphatic carbocycles. The quantitative estimate of drug-likeness (QED) is 0.674. The summed E-state index contributed by atoms with van der Waals surface area (Å²) in [7, 11) is 3.41. The monoisotopic (exact) mass is 436 g/mol. The largest absolute Gasteiger partial charge is 0.467 e. The van der Waals surface area contributed by atoms with Crippen LogP contribution in [-0.4, -0.2) is 43.6 Å². The van der Waals surface area contributed by atoms with Gasteiger partial charge in [0, 0.05) is 44.4 Å². The molecule has 3 aromatic heterocycles. The highest BCUT2D eigenvalue weighted by Crippen LogP contribution is 2.43. The number of carbonyl (C=O) groups excluding carboxylic acids is 1. The van der Waals surface area contributed by atoms with E-state index in [1.54, 1.807) is 23.9 Å². The van der Waals surface area contributed by atoms with E-state index in [4.69, 9.17) is 4.42 Å². The minimum absolute atomic E-state index is 0.0569. The van der Waals surface area contributed by atoms with Crippen LogP contribution in [-0.2, 0) is 13.6 Å². The summed E-state index contributed by atoms with van der Waals surface area (Å²) < 4.78 is 49.1. The van der Waals surface area contributed by atoms with Crippen molar-refractivity contribution >= 4 is 11.7 Å². The Morgan fingerprint density at radius 2 is 2.10 bits per heavy atom. The first-order valence-corrected chi connectivity index (χ1v) is 9.77. The Kier molecular flexibility index (Phi) is 5.06. The Labute approximate surface area is 176 Å². The van der Waals surface area contributed by atoms with Gasteiger partial charge in [0.05, 0.1) is 18.0 Å². The molecule has 8 nitrogen and oxygen atoms in total. The number of amides is 1. The molecule has 0 fully saturated rings. The molecule has 166 valence electrons. The van der Waals surface area contributed by atoms with Gasteiger partial charge in [0.25, 0.3) is 5.91 Å². The molecule has 1 aliphatic heterocycles. The number of nitrogens with one attached hydrogen (secondary N) is 1. The van der Waals surface area contributed by atoms with Crippen LogP contribution in [0, 0.1) is 13.8 Å². The van der Waals surface area contributed by atoms with E-state index in [9.17, 15) is 18.0 Å². The van der Waals surface area contributed by atoms with Crippen molar-refractivity contribution in [1.82, 2.24) is 24.5 Å². The molecule has 11 heteroatoms. The normalized spacial score (nSPS) is 18.5. The van der Waals surface area contributed by atoms with Crippen LogP contribution in [0.15, 0.2) is 28.9 Å². The molecule has 3 aromatic rings. The van der Waals surface area contributed by atoms with E-state index in [0.29, 0.717) is 5.76 Å². The van der Waals surface area contributed by atoms with Crippen LogP contribution in [0.5, 0.6) is 0 Å². The van der Waals surface area contributed by atoms with Gasteiger partial charge in [-0.05, 0) is 26.0 Å². The van der Waals surface area contributed by atoms with Crippen molar-refractivity contribution in [3.63, 3.8) is 0 Å². The van der Waals surface area contributed by atoms with Gasteiger partial charge in [-0.2, -0.15) is 23.4 Å². The van der Waals surface area contributed by atoms with Crippen LogP contribution in [0.1, 0.15) is 51.7 Å². The summed E-state index contributed by atoms with van der Waals surface area (Å²) >= 11 is 0. The predicted molar refractivity (Wildman–Crippen MR) is 105 cm³/mol. The van der Waals surface area contributed by atoms with E-state index in [1.807, 2.05) is 20.9 Å². The molecule has 2 atom stereocenters. The zero-order chi connectivity index (χ0) is 22.5. The summed E-state index contributed by atoms with van der Waals surface area (Å²) in [5.41, 5.74) is 2.55. The highest BCUT2D eigenvalue weighted by Gasteiger charge is 2.47. The van der Waals surface area contributed by atoms with Gasteiger partial charge in [-0.15, -0.1) is 0 Å². The number of fused-ring (bicyclic) bond motifs is 1. The third kappa shape index (κ3) is 3.79. The van der Waals surface area contributed by atoms with E-state index in [1.165, 1.54) is 17.2 Å². The number of hydrogen-bond donors (Lipinski definition) is 1. The topological polar surface area (TPSA) is 81.1 Å². The SMILES string of the molecule is Cc1nn(C)c(C)c1CN(C)C(=O)c1cc2n(n1)[C@@H](C(F)(F)F)C[C@@H](c1ccco1)N2. The first kappa shape index (κ1) is 21.0. The molecule has 0 bridgehead atoms. The Balaban J connectivity index is 1.62. The number of carbonyl (C=O) groups is 1. The lowest BCUT2D eigenvalue weighted by Crippen LogP contribution is -2.35. The Bertz CT molecular complexity index is 1100. The molecular formula is C20H23F3N6O2. The van der Waals surface area contributed by atoms with Gasteiger partial charge in [0.1, 0.15) is 11.6 Å². The van der Waals surface area contributed by atoms with Crippen LogP contribution in [0.2, 0.25) is 0 Å². The molecule has 0 aromatic carbocycles. The van der Waals surface area contributed by atoms with E-state index < -0.39 is 24.2 Å². The van der Waals surface area contributed by atoms with Crippen molar-refractivity contribution < 1.29 is 22.4 Å². The van der Waals surface area contributed by atoms with Crippen LogP contribution in [0.25, 0.3) is 0 Å². The summed E-state index contributed by atoms with van der Waals surface area (Å²) in [5.74, 6) is 0.0523. The third-order valence-corrected chi connectivity index (χ3v) is 5.70. The maximum Gasteiger partial charge on any atom is 0.410 e. The lowest BCUT2D eigenvalue weighted by atomic mass is 10.0. The standard InChI is InChI=1S/C20H23F3N6O2/c1-11-13(12(2)28(4)25-11)10-27(3)19(30)15-9-18-24-14(16-6-5-7-31-16)8-17(20(21,22)23)29(18)26-15/h5-7,9,14,17,24H,8,10H2,1-4H3/t14-,17+/m0/s1. The van der Waals surface area contributed by atoms with Crippen molar-refractivity contribution in [2.75, 3.05) is 12.4 Å². The van der Waals surface area contributed by atoms with E-state index in [-0.39, 0.29) is 24.5 Å². The van der Waals surface area contributed by atoms with E-state index >= 15 is 0 Å². The van der Waals surface area contributed by atoms with Gasteiger partial charge in [-0.1, -0.05) is 0 Å². The van der Waals surface area contributed by atoms with E-state index in [2.05, 4.69) is 15.5 Å². The van der Waals surface area contributed by atoms with Gasteiger partial charge in [-0.3, -0.25) is 9.48 Å². The second-order valence-corrected chi connectivity index (χ2v) is 7.80. The second kappa shape index (κ2) is 7.47. The maximum absolute atomic E-state index is 13.8. The first-order chi connectivity index (χ1) is 14.6. The molecule has 1 aliphatic rings. The van der Waals surface area contributed by atoms with Crippen molar-refractivity contribution in [1.29, 1.82) is 0 Å². The van der Waals surface area contributed by atoms with Crippen LogP contribution in [0.3, 0.4) is 0 Å². The number of furan rings is 1. The summed E-state index contributed by atoms with van der Waals surface area (Å²) in [4.78, 5) is 14.4. The van der Waals surface area contributed by atoms with Gasteiger partial charge >= 0.3 is 6.18 Å². The van der Waals surface area contributed by atoms with Crippen LogP contribution < -0.4 is 5.32 Å². The van der Waals surface area contributed by atoms with Crippen LogP contribution >= 0.6 is 0 Å². The zero-order valence-electron chi connectivity index (χ0n) is 17.6. The lowest BCUT2D eigenvalue weighted by Gasteiger charge is -2.32. The Morgan fingerprint density at radius 3 is 2.68 bits per heavy atom. The molecular weight excluding hydrogens is 413 g/mol. The molecule has 0 radical (unpaired) electrons. The smallest absolute Gasteiger partial charge is 0.410 e. The summed E-state index contributed by atoms with van der Waals surface area (Å²) in [5, 5.41) is 11.4. The maximum atomic E-state index is 13.8. The predicted octanol–water partition coefficient (Wildman–Crippen LogP) is 3.76. The second-order valence-electron chi connectivity index (χ2n) is 7.80. The fraction of sp³-hybridized carbons (Fsp3) is 0.450. The Morgan fingerprint density at radius 1 is 1.35 bits per heavy atom. The minimum Gasteiger partial charge on any atom is -0.467 e. The highest BCUT2D eigenvalue weighted by atomic mass is 19.4. The minimum atomic E-state index is -4.52. The van der Waals surface area contributed by atoms with Crippen molar-refractivity contribution in [2.45, 2.75) is 45.1 Å². The number of halogens is 3. The third-order valence-electron chi connectivity index (χ3n) is 5.70. The summed E-state index contributed by atoms with van der Waals surface area (Å²) in [6.45, 7) is 4.02. The highest BCUT2D eigenvalue weighted by molar-refractivity contribution is 5.93. The first-order valence-electron chi connectivity index (χ1n) is 9.77. The van der Waals surface area contributed by atoms with Gasteiger partial charge in [0.15, 0.2) is 11.7 Å². The lowest BCUT2D eigenvalue weighted by molar-refractivity contribution is -0.174. The summed E-state index contributed by atoms with van der Waals surface area (Å²) in [6, 6.07) is 2.06.